The van der Waals surface area contributed by atoms with Gasteiger partial charge in [0.2, 0.25) is 5.91 Å². The molecule has 27 heavy (non-hydrogen) atoms. The maximum atomic E-state index is 12.8. The first-order valence-electron chi connectivity index (χ1n) is 9.03. The summed E-state index contributed by atoms with van der Waals surface area (Å²) in [5.41, 5.74) is 2.97. The lowest BCUT2D eigenvalue weighted by atomic mass is 10.0. The van der Waals surface area contributed by atoms with E-state index >= 15 is 0 Å². The Kier molecular flexibility index (Phi) is 5.12. The molecule has 1 atom stereocenters. The molecule has 1 aliphatic heterocycles. The third-order valence-corrected chi connectivity index (χ3v) is 4.64. The van der Waals surface area contributed by atoms with Crippen LogP contribution in [0.15, 0.2) is 79.1 Å². The summed E-state index contributed by atoms with van der Waals surface area (Å²) in [6.45, 7) is 1.68. The molecule has 2 heterocycles. The Morgan fingerprint density at radius 2 is 1.81 bits per heavy atom. The number of hydrogen-bond donors (Lipinski definition) is 0. The lowest BCUT2D eigenvalue weighted by Crippen LogP contribution is -2.42. The zero-order chi connectivity index (χ0) is 18.5. The number of morpholine rings is 1. The number of aromatic nitrogens is 2. The van der Waals surface area contributed by atoms with Gasteiger partial charge in [-0.2, -0.15) is 5.10 Å². The van der Waals surface area contributed by atoms with Crippen molar-refractivity contribution in [1.29, 1.82) is 0 Å². The van der Waals surface area contributed by atoms with Crippen molar-refractivity contribution in [2.24, 2.45) is 0 Å². The Hall–Kier alpha value is -3.18. The lowest BCUT2D eigenvalue weighted by Gasteiger charge is -2.35. The van der Waals surface area contributed by atoms with Crippen LogP contribution in [0.3, 0.4) is 0 Å². The van der Waals surface area contributed by atoms with Crippen LogP contribution >= 0.6 is 0 Å². The molecule has 1 saturated heterocycles. The Morgan fingerprint density at radius 3 is 2.59 bits per heavy atom. The molecular weight excluding hydrogens is 338 g/mol. The zero-order valence-corrected chi connectivity index (χ0v) is 14.9. The summed E-state index contributed by atoms with van der Waals surface area (Å²) in [6.07, 6.45) is 7.10. The second kappa shape index (κ2) is 8.01. The van der Waals surface area contributed by atoms with Gasteiger partial charge in [-0.15, -0.1) is 0 Å². The van der Waals surface area contributed by atoms with Gasteiger partial charge in [0, 0.05) is 24.4 Å². The molecule has 5 nitrogen and oxygen atoms in total. The van der Waals surface area contributed by atoms with E-state index in [1.165, 1.54) is 0 Å². The molecule has 1 aliphatic rings. The molecule has 136 valence electrons. The number of para-hydroxylation sites is 1. The van der Waals surface area contributed by atoms with Crippen LogP contribution < -0.4 is 0 Å². The van der Waals surface area contributed by atoms with Gasteiger partial charge in [-0.25, -0.2) is 4.68 Å². The van der Waals surface area contributed by atoms with E-state index in [9.17, 15) is 4.79 Å². The van der Waals surface area contributed by atoms with E-state index in [-0.39, 0.29) is 11.9 Å². The largest absolute Gasteiger partial charge is 0.377 e. The minimum absolute atomic E-state index is 0.0142. The Bertz CT molecular complexity index is 919. The number of benzene rings is 2. The molecule has 3 aromatic rings. The monoisotopic (exact) mass is 359 g/mol. The second-order valence-corrected chi connectivity index (χ2v) is 6.42. The summed E-state index contributed by atoms with van der Waals surface area (Å²) in [7, 11) is 0. The zero-order valence-electron chi connectivity index (χ0n) is 14.9. The summed E-state index contributed by atoms with van der Waals surface area (Å²) in [6, 6.07) is 19.9. The van der Waals surface area contributed by atoms with E-state index in [4.69, 9.17) is 4.74 Å². The van der Waals surface area contributed by atoms with Gasteiger partial charge >= 0.3 is 0 Å². The van der Waals surface area contributed by atoms with Crippen molar-refractivity contribution in [3.8, 4) is 5.69 Å². The first kappa shape index (κ1) is 17.2. The first-order valence-corrected chi connectivity index (χ1v) is 9.03. The Balaban J connectivity index is 1.48. The molecule has 1 fully saturated rings. The van der Waals surface area contributed by atoms with Crippen LogP contribution in [0.5, 0.6) is 0 Å². The normalized spacial score (nSPS) is 17.3. The molecule has 0 spiro atoms. The van der Waals surface area contributed by atoms with Crippen molar-refractivity contribution in [2.45, 2.75) is 6.04 Å². The van der Waals surface area contributed by atoms with E-state index in [1.54, 1.807) is 17.0 Å². The van der Waals surface area contributed by atoms with Crippen LogP contribution in [0.1, 0.15) is 17.2 Å². The molecule has 1 amide bonds. The van der Waals surface area contributed by atoms with Gasteiger partial charge in [-0.3, -0.25) is 4.79 Å². The van der Waals surface area contributed by atoms with Crippen molar-refractivity contribution in [3.05, 3.63) is 90.3 Å². The number of ether oxygens (including phenoxy) is 1. The van der Waals surface area contributed by atoms with Crippen LogP contribution in [0.4, 0.5) is 0 Å². The molecular formula is C22H21N3O2. The number of amides is 1. The smallest absolute Gasteiger partial charge is 0.247 e. The summed E-state index contributed by atoms with van der Waals surface area (Å²) >= 11 is 0. The average molecular weight is 359 g/mol. The van der Waals surface area contributed by atoms with E-state index < -0.39 is 0 Å². The van der Waals surface area contributed by atoms with E-state index in [2.05, 4.69) is 5.10 Å². The summed E-state index contributed by atoms with van der Waals surface area (Å²) < 4.78 is 7.40. The minimum Gasteiger partial charge on any atom is -0.377 e. The van der Waals surface area contributed by atoms with Gasteiger partial charge in [0.15, 0.2) is 0 Å². The lowest BCUT2D eigenvalue weighted by molar-refractivity contribution is -0.134. The van der Waals surface area contributed by atoms with Gasteiger partial charge in [0.25, 0.3) is 0 Å². The van der Waals surface area contributed by atoms with Crippen LogP contribution in [-0.4, -0.2) is 40.3 Å². The van der Waals surface area contributed by atoms with Gasteiger partial charge in [0.05, 0.1) is 31.1 Å². The summed E-state index contributed by atoms with van der Waals surface area (Å²) in [5.74, 6) is -0.0142. The predicted molar refractivity (Wildman–Crippen MR) is 104 cm³/mol. The molecule has 4 rings (SSSR count). The second-order valence-electron chi connectivity index (χ2n) is 6.42. The minimum atomic E-state index is -0.0517. The molecule has 0 radical (unpaired) electrons. The third-order valence-electron chi connectivity index (χ3n) is 4.64. The number of hydrogen-bond acceptors (Lipinski definition) is 3. The highest BCUT2D eigenvalue weighted by Crippen LogP contribution is 2.24. The number of nitrogens with zero attached hydrogens (tertiary/aromatic N) is 3. The molecule has 0 aliphatic carbocycles. The van der Waals surface area contributed by atoms with Crippen LogP contribution in [-0.2, 0) is 9.53 Å². The quantitative estimate of drug-likeness (QED) is 0.670. The Labute approximate surface area is 158 Å². The standard InChI is InChI=1S/C22H21N3O2/c26-22(24-13-14-27-17-21(24)19-7-3-1-4-8-19)12-11-18-15-23-25(16-18)20-9-5-2-6-10-20/h1-12,15-16,21H,13-14,17H2/b12-11+/t21-/m0/s1. The van der Waals surface area contributed by atoms with Crippen molar-refractivity contribution in [3.63, 3.8) is 0 Å². The molecule has 0 N–H and O–H groups in total. The van der Waals surface area contributed by atoms with E-state index in [1.807, 2.05) is 77.8 Å². The van der Waals surface area contributed by atoms with Crippen molar-refractivity contribution >= 4 is 12.0 Å². The van der Waals surface area contributed by atoms with Crippen molar-refractivity contribution in [1.82, 2.24) is 14.7 Å². The molecule has 1 aromatic heterocycles. The fourth-order valence-corrected chi connectivity index (χ4v) is 3.23. The van der Waals surface area contributed by atoms with E-state index in [0.29, 0.717) is 19.8 Å². The summed E-state index contributed by atoms with van der Waals surface area (Å²) in [4.78, 5) is 14.7. The molecule has 5 heteroatoms. The van der Waals surface area contributed by atoms with E-state index in [0.717, 1.165) is 16.8 Å². The highest BCUT2D eigenvalue weighted by molar-refractivity contribution is 5.92. The fourth-order valence-electron chi connectivity index (χ4n) is 3.23. The number of carbonyl (C=O) groups is 1. The molecule has 0 unspecified atom stereocenters. The van der Waals surface area contributed by atoms with Crippen LogP contribution in [0.25, 0.3) is 11.8 Å². The molecule has 0 saturated carbocycles. The highest BCUT2D eigenvalue weighted by atomic mass is 16.5. The summed E-state index contributed by atoms with van der Waals surface area (Å²) in [5, 5.41) is 4.36. The molecule has 0 bridgehead atoms. The maximum Gasteiger partial charge on any atom is 0.247 e. The van der Waals surface area contributed by atoms with Gasteiger partial charge in [-0.1, -0.05) is 48.5 Å². The van der Waals surface area contributed by atoms with Gasteiger partial charge < -0.3 is 9.64 Å². The number of rotatable bonds is 4. The van der Waals surface area contributed by atoms with Crippen LogP contribution in [0, 0.1) is 0 Å². The predicted octanol–water partition coefficient (Wildman–Crippen LogP) is 3.49. The Morgan fingerprint density at radius 1 is 1.07 bits per heavy atom. The highest BCUT2D eigenvalue weighted by Gasteiger charge is 2.27. The average Bonchev–Trinajstić information content (AvgIpc) is 3.22. The molecule has 2 aromatic carbocycles. The third kappa shape index (κ3) is 3.99. The maximum absolute atomic E-state index is 12.8. The van der Waals surface area contributed by atoms with Crippen molar-refractivity contribution < 1.29 is 9.53 Å². The van der Waals surface area contributed by atoms with Crippen molar-refractivity contribution in [2.75, 3.05) is 19.8 Å². The fraction of sp³-hybridized carbons (Fsp3) is 0.182. The number of carbonyl (C=O) groups excluding carboxylic acids is 1. The van der Waals surface area contributed by atoms with Crippen LogP contribution in [0.2, 0.25) is 0 Å². The van der Waals surface area contributed by atoms with Gasteiger partial charge in [-0.05, 0) is 23.8 Å². The topological polar surface area (TPSA) is 47.4 Å². The SMILES string of the molecule is O=C(/C=C/c1cnn(-c2ccccc2)c1)N1CCOC[C@H]1c1ccccc1. The van der Waals surface area contributed by atoms with Gasteiger partial charge in [0.1, 0.15) is 0 Å². The first-order chi connectivity index (χ1) is 13.3.